The monoisotopic (exact) mass is 402 g/mol. The third kappa shape index (κ3) is 9.14. The molecular weight excluding hydrogens is 383 g/mol. The smallest absolute Gasteiger partial charge is 0.480 e. The maximum atomic E-state index is 12.4. The number of nitrogens with one attached hydrogen (secondary N) is 1. The van der Waals surface area contributed by atoms with Crippen molar-refractivity contribution in [2.24, 2.45) is 5.16 Å². The van der Waals surface area contributed by atoms with Gasteiger partial charge in [0.15, 0.2) is 5.71 Å². The number of carboxylic acid groups (broad SMARTS) is 2. The zero-order valence-electron chi connectivity index (χ0n) is 14.4. The molecule has 1 fully saturated rings. The summed E-state index contributed by atoms with van der Waals surface area (Å²) in [6.07, 6.45) is 0. The second kappa shape index (κ2) is 12.0. The summed E-state index contributed by atoms with van der Waals surface area (Å²) in [6.45, 7) is 1.04. The maximum Gasteiger partial charge on any atom is 0.480 e. The van der Waals surface area contributed by atoms with E-state index in [4.69, 9.17) is 24.4 Å². The molecule has 0 bridgehead atoms. The lowest BCUT2D eigenvalue weighted by molar-refractivity contribution is -0.142. The molecule has 0 spiro atoms. The summed E-state index contributed by atoms with van der Waals surface area (Å²) in [5, 5.41) is 33.7. The number of oxime groups is 1. The highest BCUT2D eigenvalue weighted by atomic mass is 32.1. The Morgan fingerprint density at radius 3 is 2.70 bits per heavy atom. The van der Waals surface area contributed by atoms with Gasteiger partial charge in [0.1, 0.15) is 0 Å². The van der Waals surface area contributed by atoms with Gasteiger partial charge in [0.05, 0.1) is 30.6 Å². The Kier molecular flexibility index (Phi) is 10.0. The van der Waals surface area contributed by atoms with Crippen LogP contribution in [0, 0.1) is 0 Å². The Bertz CT molecular complexity index is 649. The summed E-state index contributed by atoms with van der Waals surface area (Å²) in [5.74, 6) is -3.44. The number of ether oxygens (including phenoxy) is 1. The summed E-state index contributed by atoms with van der Waals surface area (Å²) in [6, 6.07) is 3.36. The predicted octanol–water partition coefficient (Wildman–Crippen LogP) is -0.804. The number of carbonyl (C=O) groups excluding carboxylic acids is 1. The van der Waals surface area contributed by atoms with E-state index in [0.29, 0.717) is 11.5 Å². The second-order valence-electron chi connectivity index (χ2n) is 5.02. The van der Waals surface area contributed by atoms with Gasteiger partial charge in [-0.3, -0.25) is 9.59 Å². The van der Waals surface area contributed by atoms with E-state index < -0.39 is 37.5 Å². The summed E-state index contributed by atoms with van der Waals surface area (Å²) in [4.78, 5) is 37.0. The molecule has 0 saturated carbocycles. The van der Waals surface area contributed by atoms with Crippen molar-refractivity contribution in [3.63, 3.8) is 0 Å². The summed E-state index contributed by atoms with van der Waals surface area (Å²) >= 11 is 1.24. The zero-order chi connectivity index (χ0) is 20.2. The molecule has 0 radical (unpaired) electrons. The van der Waals surface area contributed by atoms with Crippen LogP contribution in [-0.2, 0) is 28.6 Å². The van der Waals surface area contributed by atoms with Crippen LogP contribution in [0.25, 0.3) is 0 Å². The van der Waals surface area contributed by atoms with Crippen molar-refractivity contribution in [2.75, 3.05) is 26.4 Å². The minimum absolute atomic E-state index is 0.0839. The Labute approximate surface area is 158 Å². The number of nitrogens with zero attached hydrogens (tertiary/aromatic N) is 1. The van der Waals surface area contributed by atoms with Crippen LogP contribution in [0.2, 0.25) is 0 Å². The van der Waals surface area contributed by atoms with Gasteiger partial charge < -0.3 is 34.8 Å². The molecule has 27 heavy (non-hydrogen) atoms. The number of thiophene rings is 1. The predicted molar refractivity (Wildman–Crippen MR) is 94.4 cm³/mol. The van der Waals surface area contributed by atoms with Gasteiger partial charge in [0.2, 0.25) is 6.61 Å². The largest absolute Gasteiger partial charge is 0.481 e. The Hall–Kier alpha value is -2.48. The molecule has 1 aromatic heterocycles. The van der Waals surface area contributed by atoms with Crippen LogP contribution in [0.1, 0.15) is 11.8 Å². The molecule has 1 amide bonds. The van der Waals surface area contributed by atoms with E-state index in [1.807, 2.05) is 0 Å². The van der Waals surface area contributed by atoms with Crippen LogP contribution >= 0.6 is 11.3 Å². The van der Waals surface area contributed by atoms with Crippen molar-refractivity contribution < 1.29 is 43.8 Å². The quantitative estimate of drug-likeness (QED) is 0.271. The molecule has 2 rings (SSSR count). The summed E-state index contributed by atoms with van der Waals surface area (Å²) in [5.41, 5.74) is -0.0855. The lowest BCUT2D eigenvalue weighted by atomic mass is 9.79. The first-order valence-corrected chi connectivity index (χ1v) is 8.52. The third-order valence-electron chi connectivity index (χ3n) is 2.79. The fourth-order valence-electron chi connectivity index (χ4n) is 1.75. The molecule has 13 heteroatoms. The number of carbonyl (C=O) groups is 3. The normalized spacial score (nSPS) is 17.2. The number of hydrogen-bond donors (Lipinski definition) is 4. The van der Waals surface area contributed by atoms with Gasteiger partial charge >= 0.3 is 13.1 Å². The molecule has 1 atom stereocenters. The highest BCUT2D eigenvalue weighted by Gasteiger charge is 2.32. The van der Waals surface area contributed by atoms with E-state index in [2.05, 4.69) is 15.3 Å². The van der Waals surface area contributed by atoms with Gasteiger partial charge in [-0.2, -0.15) is 0 Å². The number of hydrogen-bond acceptors (Lipinski definition) is 9. The van der Waals surface area contributed by atoms with Crippen LogP contribution in [0.15, 0.2) is 22.7 Å². The molecule has 4 N–H and O–H groups in total. The Balaban J connectivity index is 0.000000828. The van der Waals surface area contributed by atoms with Crippen LogP contribution in [0.4, 0.5) is 0 Å². The first-order valence-electron chi connectivity index (χ1n) is 7.64. The molecular formula is C14H19BN2O9S. The van der Waals surface area contributed by atoms with E-state index in [0.717, 1.165) is 6.92 Å². The maximum absolute atomic E-state index is 12.4. The molecule has 11 nitrogen and oxygen atoms in total. The molecule has 1 aliphatic heterocycles. The number of rotatable bonds is 6. The average Bonchev–Trinajstić information content (AvgIpc) is 3.03. The van der Waals surface area contributed by atoms with Crippen molar-refractivity contribution in [1.29, 1.82) is 0 Å². The van der Waals surface area contributed by atoms with E-state index in [1.165, 1.54) is 11.3 Å². The molecule has 1 aliphatic rings. The van der Waals surface area contributed by atoms with Crippen molar-refractivity contribution in [1.82, 2.24) is 5.32 Å². The van der Waals surface area contributed by atoms with Crippen LogP contribution in [0.5, 0.6) is 0 Å². The minimum Gasteiger partial charge on any atom is -0.481 e. The third-order valence-corrected chi connectivity index (χ3v) is 3.66. The van der Waals surface area contributed by atoms with E-state index in [9.17, 15) is 14.6 Å². The van der Waals surface area contributed by atoms with Crippen molar-refractivity contribution in [2.45, 2.75) is 12.9 Å². The highest BCUT2D eigenvalue weighted by Crippen LogP contribution is 2.11. The SMILES string of the molecule is CC(=O)O.O=C(O)CO/N=C(\C(=O)NC1COCCOB1O)c1cccs1. The molecule has 1 saturated heterocycles. The standard InChI is InChI=1S/C12H15BN2O7S.C2H4O2/c16-10(17)7-22-15-11(8-2-1-5-23-8)12(18)14-9-6-20-3-4-21-13(9)19;1-2(3)4/h1-2,5,9,19H,3-4,6-7H2,(H,14,18)(H,16,17);1H3,(H,3,4)/b15-11-;. The van der Waals surface area contributed by atoms with Crippen LogP contribution < -0.4 is 5.32 Å². The van der Waals surface area contributed by atoms with Crippen LogP contribution in [0.3, 0.4) is 0 Å². The molecule has 0 aromatic carbocycles. The lowest BCUT2D eigenvalue weighted by Gasteiger charge is -2.17. The number of carboxylic acids is 2. The Morgan fingerprint density at radius 1 is 1.41 bits per heavy atom. The summed E-state index contributed by atoms with van der Waals surface area (Å²) in [7, 11) is -1.20. The number of amides is 1. The molecule has 148 valence electrons. The van der Waals surface area contributed by atoms with E-state index in [-0.39, 0.29) is 18.9 Å². The second-order valence-corrected chi connectivity index (χ2v) is 5.97. The summed E-state index contributed by atoms with van der Waals surface area (Å²) < 4.78 is 10.3. The first-order chi connectivity index (χ1) is 12.8. The van der Waals surface area contributed by atoms with Crippen molar-refractivity contribution in [3.05, 3.63) is 22.4 Å². The molecule has 2 heterocycles. The minimum atomic E-state index is -1.21. The van der Waals surface area contributed by atoms with Crippen LogP contribution in [-0.4, -0.2) is 78.3 Å². The first kappa shape index (κ1) is 22.6. The van der Waals surface area contributed by atoms with Crippen molar-refractivity contribution in [3.8, 4) is 0 Å². The fraction of sp³-hybridized carbons (Fsp3) is 0.429. The topological polar surface area (TPSA) is 164 Å². The molecule has 1 unspecified atom stereocenters. The molecule has 1 aromatic rings. The van der Waals surface area contributed by atoms with Gasteiger partial charge in [-0.25, -0.2) is 4.79 Å². The van der Waals surface area contributed by atoms with Gasteiger partial charge in [-0.15, -0.1) is 11.3 Å². The van der Waals surface area contributed by atoms with Gasteiger partial charge in [-0.1, -0.05) is 11.2 Å². The average molecular weight is 402 g/mol. The molecule has 0 aliphatic carbocycles. The van der Waals surface area contributed by atoms with Gasteiger partial charge in [-0.05, 0) is 11.4 Å². The fourth-order valence-corrected chi connectivity index (χ4v) is 2.45. The van der Waals surface area contributed by atoms with Gasteiger partial charge in [0, 0.05) is 6.92 Å². The zero-order valence-corrected chi connectivity index (χ0v) is 15.2. The van der Waals surface area contributed by atoms with E-state index in [1.54, 1.807) is 17.5 Å². The Morgan fingerprint density at radius 2 is 2.11 bits per heavy atom. The van der Waals surface area contributed by atoms with Gasteiger partial charge in [0.25, 0.3) is 11.9 Å². The lowest BCUT2D eigenvalue weighted by Crippen LogP contribution is -2.51. The number of aliphatic carboxylic acids is 2. The van der Waals surface area contributed by atoms with E-state index >= 15 is 0 Å². The highest BCUT2D eigenvalue weighted by molar-refractivity contribution is 7.13. The van der Waals surface area contributed by atoms with Crippen molar-refractivity contribution >= 4 is 42.0 Å².